The van der Waals surface area contributed by atoms with Gasteiger partial charge in [-0.15, -0.1) is 64.6 Å². The summed E-state index contributed by atoms with van der Waals surface area (Å²) in [5.41, 5.74) is 11.4. The first-order valence-electron chi connectivity index (χ1n) is 5.37. The molecule has 7 nitrogen and oxygen atoms in total. The average Bonchev–Trinajstić information content (AvgIpc) is 3.15. The third-order valence-electron chi connectivity index (χ3n) is 2.59. The fraction of sp³-hybridized carbons (Fsp3) is 0.333. The minimum Gasteiger partial charge on any atom is -0.321 e. The van der Waals surface area contributed by atoms with Crippen LogP contribution in [0.25, 0.3) is 0 Å². The molecule has 0 spiro atoms. The van der Waals surface area contributed by atoms with E-state index in [2.05, 4.69) is 30.6 Å². The molecular formula is C9H9N7S3. The summed E-state index contributed by atoms with van der Waals surface area (Å²) in [7, 11) is 0. The van der Waals surface area contributed by atoms with Crippen molar-refractivity contribution in [3.05, 3.63) is 31.6 Å². The number of nitrogens with two attached hydrogens (primary N) is 1. The van der Waals surface area contributed by atoms with E-state index in [-0.39, 0.29) is 12.0 Å². The van der Waals surface area contributed by atoms with Gasteiger partial charge in [0.1, 0.15) is 31.6 Å². The highest BCUT2D eigenvalue weighted by molar-refractivity contribution is 7.10. The Morgan fingerprint density at radius 2 is 1.53 bits per heavy atom. The Morgan fingerprint density at radius 3 is 2.11 bits per heavy atom. The summed E-state index contributed by atoms with van der Waals surface area (Å²) in [4.78, 5) is 0. The van der Waals surface area contributed by atoms with Crippen molar-refractivity contribution >= 4 is 34.0 Å². The lowest BCUT2D eigenvalue weighted by Crippen LogP contribution is -2.21. The first kappa shape index (κ1) is 12.7. The van der Waals surface area contributed by atoms with Gasteiger partial charge in [-0.1, -0.05) is 0 Å². The molecule has 0 saturated heterocycles. The second kappa shape index (κ2) is 5.74. The molecule has 2 N–H and O–H groups in total. The van der Waals surface area contributed by atoms with Crippen LogP contribution < -0.4 is 5.73 Å². The Morgan fingerprint density at radius 1 is 0.895 bits per heavy atom. The molecule has 3 rings (SSSR count). The van der Waals surface area contributed by atoms with Crippen molar-refractivity contribution in [3.63, 3.8) is 0 Å². The third-order valence-corrected chi connectivity index (χ3v) is 4.93. The second-order valence-electron chi connectivity index (χ2n) is 3.72. The zero-order valence-corrected chi connectivity index (χ0v) is 12.0. The number of rotatable bonds is 5. The Hall–Kier alpha value is -1.36. The number of hydrogen-bond donors (Lipinski definition) is 1. The van der Waals surface area contributed by atoms with Crippen molar-refractivity contribution in [1.29, 1.82) is 0 Å². The maximum Gasteiger partial charge on any atom is 0.134 e. The van der Waals surface area contributed by atoms with Crippen LogP contribution >= 0.6 is 34.0 Å². The lowest BCUT2D eigenvalue weighted by atomic mass is 9.98. The molecule has 0 saturated carbocycles. The molecule has 98 valence electrons. The van der Waals surface area contributed by atoms with Gasteiger partial charge in [-0.05, 0) is 0 Å². The van der Waals surface area contributed by atoms with E-state index in [9.17, 15) is 0 Å². The zero-order chi connectivity index (χ0) is 13.1. The highest BCUT2D eigenvalue weighted by Gasteiger charge is 2.27. The van der Waals surface area contributed by atoms with Gasteiger partial charge in [-0.2, -0.15) is 0 Å². The summed E-state index contributed by atoms with van der Waals surface area (Å²) in [6.45, 7) is 0. The molecule has 10 heteroatoms. The lowest BCUT2D eigenvalue weighted by Gasteiger charge is -2.17. The molecule has 0 aliphatic carbocycles. The van der Waals surface area contributed by atoms with Gasteiger partial charge in [0.25, 0.3) is 0 Å². The molecule has 0 amide bonds. The van der Waals surface area contributed by atoms with Crippen molar-refractivity contribution < 1.29 is 0 Å². The van der Waals surface area contributed by atoms with Crippen LogP contribution in [0.5, 0.6) is 0 Å². The molecule has 0 aliphatic heterocycles. The largest absolute Gasteiger partial charge is 0.321 e. The highest BCUT2D eigenvalue weighted by Crippen LogP contribution is 2.33. The molecule has 0 bridgehead atoms. The topological polar surface area (TPSA) is 103 Å². The summed E-state index contributed by atoms with van der Waals surface area (Å²) in [6, 6.07) is -0.260. The maximum atomic E-state index is 6.29. The fourth-order valence-electron chi connectivity index (χ4n) is 1.68. The molecule has 3 aromatic heterocycles. The zero-order valence-electron chi connectivity index (χ0n) is 9.58. The molecular weight excluding hydrogens is 302 g/mol. The number of hydrogen-bond acceptors (Lipinski definition) is 10. The second-order valence-corrected chi connectivity index (χ2v) is 6.37. The van der Waals surface area contributed by atoms with Gasteiger partial charge in [0.2, 0.25) is 0 Å². The van der Waals surface area contributed by atoms with E-state index < -0.39 is 0 Å². The number of nitrogens with zero attached hydrogens (tertiary/aromatic N) is 6. The van der Waals surface area contributed by atoms with Crippen LogP contribution in [0.1, 0.15) is 27.0 Å². The highest BCUT2D eigenvalue weighted by atomic mass is 32.1. The standard InChI is InChI=1S/C9H9N7S3/c10-7(9-16-13-4-19-9)5(8-15-12-3-18-8)1-6-14-11-2-17-6/h2-5,7H,1,10H2. The monoisotopic (exact) mass is 311 g/mol. The molecule has 3 heterocycles. The van der Waals surface area contributed by atoms with Gasteiger partial charge in [0.15, 0.2) is 0 Å². The summed E-state index contributed by atoms with van der Waals surface area (Å²) < 4.78 is 0. The predicted octanol–water partition coefficient (Wildman–Crippen LogP) is 1.27. The van der Waals surface area contributed by atoms with E-state index in [4.69, 9.17) is 5.73 Å². The fourth-order valence-corrected chi connectivity index (χ4v) is 3.59. The molecule has 0 radical (unpaired) electrons. The summed E-state index contributed by atoms with van der Waals surface area (Å²) >= 11 is 4.44. The Labute approximate surface area is 120 Å². The molecule has 2 atom stereocenters. The van der Waals surface area contributed by atoms with E-state index in [0.717, 1.165) is 15.0 Å². The molecule has 3 aromatic rings. The predicted molar refractivity (Wildman–Crippen MR) is 73.1 cm³/mol. The van der Waals surface area contributed by atoms with Crippen LogP contribution in [0.4, 0.5) is 0 Å². The van der Waals surface area contributed by atoms with E-state index in [1.165, 1.54) is 34.0 Å². The first-order chi connectivity index (χ1) is 9.34. The normalized spacial score (nSPS) is 14.4. The van der Waals surface area contributed by atoms with Gasteiger partial charge in [0, 0.05) is 12.3 Å². The van der Waals surface area contributed by atoms with Gasteiger partial charge in [-0.3, -0.25) is 0 Å². The average molecular weight is 311 g/mol. The van der Waals surface area contributed by atoms with E-state index in [0.29, 0.717) is 6.42 Å². The van der Waals surface area contributed by atoms with Gasteiger partial charge >= 0.3 is 0 Å². The van der Waals surface area contributed by atoms with Crippen molar-refractivity contribution in [2.24, 2.45) is 5.73 Å². The Balaban J connectivity index is 1.88. The smallest absolute Gasteiger partial charge is 0.134 e. The molecule has 0 aliphatic rings. The van der Waals surface area contributed by atoms with Gasteiger partial charge < -0.3 is 5.73 Å². The SMILES string of the molecule is NC(c1nncs1)C(Cc1nncs1)c1nncs1. The summed E-state index contributed by atoms with van der Waals surface area (Å²) in [5, 5.41) is 26.4. The van der Waals surface area contributed by atoms with E-state index in [1.807, 2.05) is 0 Å². The van der Waals surface area contributed by atoms with Crippen LogP contribution in [0.2, 0.25) is 0 Å². The Bertz CT molecular complexity index is 592. The molecule has 19 heavy (non-hydrogen) atoms. The van der Waals surface area contributed by atoms with Crippen LogP contribution in [0, 0.1) is 0 Å². The van der Waals surface area contributed by atoms with Crippen molar-refractivity contribution in [2.75, 3.05) is 0 Å². The third kappa shape index (κ3) is 2.81. The van der Waals surface area contributed by atoms with Crippen molar-refractivity contribution in [2.45, 2.75) is 18.4 Å². The first-order valence-corrected chi connectivity index (χ1v) is 8.01. The quantitative estimate of drug-likeness (QED) is 0.756. The maximum absolute atomic E-state index is 6.29. The van der Waals surface area contributed by atoms with Crippen LogP contribution in [-0.2, 0) is 6.42 Å². The molecule has 0 aromatic carbocycles. The van der Waals surface area contributed by atoms with Gasteiger partial charge in [0.05, 0.1) is 6.04 Å². The van der Waals surface area contributed by atoms with Crippen LogP contribution in [0.3, 0.4) is 0 Å². The lowest BCUT2D eigenvalue weighted by molar-refractivity contribution is 0.536. The summed E-state index contributed by atoms with van der Waals surface area (Å²) in [6.07, 6.45) is 0.681. The molecule has 2 unspecified atom stereocenters. The van der Waals surface area contributed by atoms with E-state index >= 15 is 0 Å². The Kier molecular flexibility index (Phi) is 3.82. The minimum atomic E-state index is -0.260. The minimum absolute atomic E-state index is 0.00611. The van der Waals surface area contributed by atoms with Crippen LogP contribution in [-0.4, -0.2) is 30.6 Å². The van der Waals surface area contributed by atoms with Crippen molar-refractivity contribution in [3.8, 4) is 0 Å². The van der Waals surface area contributed by atoms with Crippen LogP contribution in [0.15, 0.2) is 16.5 Å². The van der Waals surface area contributed by atoms with Gasteiger partial charge in [-0.25, -0.2) is 0 Å². The van der Waals surface area contributed by atoms with E-state index in [1.54, 1.807) is 16.5 Å². The van der Waals surface area contributed by atoms with Crippen molar-refractivity contribution in [1.82, 2.24) is 30.6 Å². The number of aromatic nitrogens is 6. The summed E-state index contributed by atoms with van der Waals surface area (Å²) in [5.74, 6) is -0.00611. The molecule has 0 fully saturated rings.